The number of nitrogens with zero attached hydrogens (tertiary/aromatic N) is 1. The van der Waals surface area contributed by atoms with E-state index in [1.807, 2.05) is 49.4 Å². The predicted molar refractivity (Wildman–Crippen MR) is 121 cm³/mol. The largest absolute Gasteiger partial charge is 0.356 e. The molecular formula is C26H31N3O4. The summed E-state index contributed by atoms with van der Waals surface area (Å²) in [5.74, 6) is -1.79. The van der Waals surface area contributed by atoms with Crippen LogP contribution in [0.4, 0.5) is 0 Å². The maximum absolute atomic E-state index is 13.8. The van der Waals surface area contributed by atoms with Crippen molar-refractivity contribution in [1.29, 1.82) is 0 Å². The third-order valence-electron chi connectivity index (χ3n) is 8.22. The van der Waals surface area contributed by atoms with Crippen LogP contribution < -0.4 is 10.6 Å². The molecular weight excluding hydrogens is 418 g/mol. The average Bonchev–Trinajstić information content (AvgIpc) is 3.17. The van der Waals surface area contributed by atoms with E-state index >= 15 is 0 Å². The van der Waals surface area contributed by atoms with E-state index < -0.39 is 29.1 Å². The summed E-state index contributed by atoms with van der Waals surface area (Å²) in [5, 5.41) is 6.22. The van der Waals surface area contributed by atoms with Crippen molar-refractivity contribution in [2.24, 2.45) is 11.8 Å². The third kappa shape index (κ3) is 3.15. The number of benzene rings is 1. The van der Waals surface area contributed by atoms with Crippen LogP contribution in [-0.2, 0) is 25.7 Å². The van der Waals surface area contributed by atoms with Gasteiger partial charge in [0.05, 0.1) is 17.4 Å². The van der Waals surface area contributed by atoms with Gasteiger partial charge in [-0.1, -0.05) is 55.3 Å². The highest BCUT2D eigenvalue weighted by Gasteiger charge is 2.77. The van der Waals surface area contributed by atoms with Crippen molar-refractivity contribution in [3.05, 3.63) is 48.0 Å². The molecule has 33 heavy (non-hydrogen) atoms. The van der Waals surface area contributed by atoms with E-state index in [0.717, 1.165) is 44.1 Å². The fourth-order valence-electron chi connectivity index (χ4n) is 6.56. The number of hydrogen-bond donors (Lipinski definition) is 2. The lowest BCUT2D eigenvalue weighted by Gasteiger charge is -2.33. The molecule has 1 aromatic rings. The zero-order chi connectivity index (χ0) is 22.8. The maximum atomic E-state index is 13.8. The van der Waals surface area contributed by atoms with Crippen molar-refractivity contribution in [2.45, 2.75) is 81.3 Å². The maximum Gasteiger partial charge on any atom is 0.246 e. The molecule has 5 atom stereocenters. The molecule has 2 bridgehead atoms. The minimum Gasteiger partial charge on any atom is -0.356 e. The first-order chi connectivity index (χ1) is 15.9. The topological polar surface area (TPSA) is 87.7 Å². The molecule has 3 amide bonds. The average molecular weight is 450 g/mol. The Morgan fingerprint density at radius 1 is 1.06 bits per heavy atom. The fourth-order valence-corrected chi connectivity index (χ4v) is 6.56. The number of fused-ring (bicyclic) bond motifs is 1. The summed E-state index contributed by atoms with van der Waals surface area (Å²) in [4.78, 5) is 42.6. The predicted octanol–water partition coefficient (Wildman–Crippen LogP) is 2.06. The molecule has 5 aliphatic rings. The van der Waals surface area contributed by atoms with Gasteiger partial charge in [0.2, 0.25) is 17.7 Å². The number of rotatable bonds is 6. The molecule has 1 aromatic carbocycles. The van der Waals surface area contributed by atoms with Gasteiger partial charge < -0.3 is 20.3 Å². The van der Waals surface area contributed by atoms with Crippen LogP contribution in [0.15, 0.2) is 42.5 Å². The monoisotopic (exact) mass is 449 g/mol. The highest BCUT2D eigenvalue weighted by Crippen LogP contribution is 2.61. The lowest BCUT2D eigenvalue weighted by atomic mass is 9.70. The molecule has 0 aromatic heterocycles. The summed E-state index contributed by atoms with van der Waals surface area (Å²) in [5.41, 5.74) is -0.981. The summed E-state index contributed by atoms with van der Waals surface area (Å²) >= 11 is 0. The van der Waals surface area contributed by atoms with Crippen LogP contribution in [0, 0.1) is 11.8 Å². The Hall–Kier alpha value is -2.67. The minimum atomic E-state index is -1.08. The van der Waals surface area contributed by atoms with Gasteiger partial charge in [-0.25, -0.2) is 0 Å². The standard InChI is InChI=1S/C26H31N3O4/c1-25-13-14-26(33-25)20(19(25)22(30)27-15-16-7-3-2-4-8-16)24(32)29(18-11-12-18)21(26)23(31)28-17-9-5-6-10-17/h2-4,7-8,13-14,17-21H,5-6,9-12,15H2,1H3,(H,27,30)(H,28,31)/t19-,20-,21+,25-,26+/m0/s1. The number of amides is 3. The summed E-state index contributed by atoms with van der Waals surface area (Å²) in [6, 6.07) is 9.23. The van der Waals surface area contributed by atoms with Gasteiger partial charge >= 0.3 is 0 Å². The van der Waals surface area contributed by atoms with Crippen molar-refractivity contribution in [3.63, 3.8) is 0 Å². The van der Waals surface area contributed by atoms with Crippen LogP contribution in [0.25, 0.3) is 0 Å². The second-order valence-corrected chi connectivity index (χ2v) is 10.5. The van der Waals surface area contributed by atoms with Gasteiger partial charge in [0.15, 0.2) is 0 Å². The van der Waals surface area contributed by atoms with E-state index in [2.05, 4.69) is 10.6 Å². The lowest BCUT2D eigenvalue weighted by molar-refractivity contribution is -0.145. The Kier molecular flexibility index (Phi) is 4.70. The third-order valence-corrected chi connectivity index (χ3v) is 8.22. The molecule has 3 aliphatic heterocycles. The summed E-state index contributed by atoms with van der Waals surface area (Å²) < 4.78 is 6.54. The molecule has 4 fully saturated rings. The molecule has 0 radical (unpaired) electrons. The van der Waals surface area contributed by atoms with Gasteiger partial charge in [-0.15, -0.1) is 0 Å². The van der Waals surface area contributed by atoms with Crippen LogP contribution >= 0.6 is 0 Å². The van der Waals surface area contributed by atoms with Crippen LogP contribution in [0.1, 0.15) is 51.0 Å². The van der Waals surface area contributed by atoms with Gasteiger partial charge in [-0.3, -0.25) is 14.4 Å². The first kappa shape index (κ1) is 20.9. The molecule has 6 rings (SSSR count). The number of ether oxygens (including phenoxy) is 1. The SMILES string of the molecule is C[C@@]12C=C[C@@]3(O1)[C@H](C(=O)N(C1CC1)[C@@H]3C(=O)NC1CCCC1)[C@H]2C(=O)NCc1ccccc1. The molecule has 3 heterocycles. The molecule has 0 unspecified atom stereocenters. The zero-order valence-corrected chi connectivity index (χ0v) is 19.0. The fraction of sp³-hybridized carbons (Fsp3) is 0.577. The first-order valence-electron chi connectivity index (χ1n) is 12.3. The molecule has 2 saturated heterocycles. The molecule has 7 nitrogen and oxygen atoms in total. The van der Waals surface area contributed by atoms with E-state index in [9.17, 15) is 14.4 Å². The zero-order valence-electron chi connectivity index (χ0n) is 19.0. The number of nitrogens with one attached hydrogen (secondary N) is 2. The summed E-state index contributed by atoms with van der Waals surface area (Å²) in [7, 11) is 0. The first-order valence-corrected chi connectivity index (χ1v) is 12.3. The van der Waals surface area contributed by atoms with Crippen molar-refractivity contribution in [2.75, 3.05) is 0 Å². The van der Waals surface area contributed by atoms with E-state index in [0.29, 0.717) is 6.54 Å². The van der Waals surface area contributed by atoms with E-state index in [1.54, 1.807) is 4.90 Å². The number of carbonyl (C=O) groups excluding carboxylic acids is 3. The highest BCUT2D eigenvalue weighted by atomic mass is 16.5. The minimum absolute atomic E-state index is 0.0636. The Bertz CT molecular complexity index is 1020. The molecule has 7 heteroatoms. The number of likely N-dealkylation sites (tertiary alicyclic amines) is 1. The van der Waals surface area contributed by atoms with E-state index in [1.165, 1.54) is 0 Å². The van der Waals surface area contributed by atoms with Gasteiger partial charge in [-0.05, 0) is 38.2 Å². The van der Waals surface area contributed by atoms with Crippen molar-refractivity contribution >= 4 is 17.7 Å². The normalized spacial score (nSPS) is 36.9. The molecule has 2 saturated carbocycles. The Morgan fingerprint density at radius 3 is 2.48 bits per heavy atom. The van der Waals surface area contributed by atoms with E-state index in [4.69, 9.17) is 4.74 Å². The summed E-state index contributed by atoms with van der Waals surface area (Å²) in [6.07, 6.45) is 9.78. The Labute approximate surface area is 193 Å². The number of carbonyl (C=O) groups is 3. The second-order valence-electron chi connectivity index (χ2n) is 10.5. The van der Waals surface area contributed by atoms with Crippen LogP contribution in [-0.4, -0.2) is 51.9 Å². The van der Waals surface area contributed by atoms with Crippen LogP contribution in [0.3, 0.4) is 0 Å². The summed E-state index contributed by atoms with van der Waals surface area (Å²) in [6.45, 7) is 2.26. The molecule has 1 spiro atoms. The van der Waals surface area contributed by atoms with Crippen LogP contribution in [0.5, 0.6) is 0 Å². The van der Waals surface area contributed by atoms with Gasteiger partial charge in [-0.2, -0.15) is 0 Å². The van der Waals surface area contributed by atoms with Crippen molar-refractivity contribution < 1.29 is 19.1 Å². The highest BCUT2D eigenvalue weighted by molar-refractivity contribution is 6.00. The lowest BCUT2D eigenvalue weighted by Crippen LogP contribution is -2.56. The Morgan fingerprint density at radius 2 is 1.79 bits per heavy atom. The smallest absolute Gasteiger partial charge is 0.246 e. The van der Waals surface area contributed by atoms with Gasteiger partial charge in [0.1, 0.15) is 11.6 Å². The van der Waals surface area contributed by atoms with Gasteiger partial charge in [0, 0.05) is 18.6 Å². The molecule has 2 aliphatic carbocycles. The van der Waals surface area contributed by atoms with Crippen molar-refractivity contribution in [3.8, 4) is 0 Å². The second kappa shape index (κ2) is 7.42. The van der Waals surface area contributed by atoms with Gasteiger partial charge in [0.25, 0.3) is 0 Å². The molecule has 2 N–H and O–H groups in total. The molecule has 174 valence electrons. The number of hydrogen-bond acceptors (Lipinski definition) is 4. The van der Waals surface area contributed by atoms with Crippen molar-refractivity contribution in [1.82, 2.24) is 15.5 Å². The Balaban J connectivity index is 1.30. The quantitative estimate of drug-likeness (QED) is 0.651. The van der Waals surface area contributed by atoms with E-state index in [-0.39, 0.29) is 29.8 Å². The van der Waals surface area contributed by atoms with Crippen LogP contribution in [0.2, 0.25) is 0 Å².